The number of aryl methyl sites for hydroxylation is 1. The maximum atomic E-state index is 13.6. The van der Waals surface area contributed by atoms with E-state index in [4.69, 9.17) is 4.42 Å². The van der Waals surface area contributed by atoms with Crippen molar-refractivity contribution in [1.29, 1.82) is 0 Å². The average molecular weight is 316 g/mol. The molecule has 0 bridgehead atoms. The van der Waals surface area contributed by atoms with E-state index in [1.165, 1.54) is 24.4 Å². The summed E-state index contributed by atoms with van der Waals surface area (Å²) in [6, 6.07) is 5.93. The predicted octanol–water partition coefficient (Wildman–Crippen LogP) is 3.09. The number of halogens is 4. The third-order valence-corrected chi connectivity index (χ3v) is 2.74. The second-order valence-corrected chi connectivity index (χ2v) is 4.49. The molecule has 1 N–H and O–H groups in total. The van der Waals surface area contributed by atoms with Crippen LogP contribution in [-0.2, 0) is 11.2 Å². The van der Waals surface area contributed by atoms with Gasteiger partial charge in [-0.2, -0.15) is 13.2 Å². The molecule has 1 aromatic carbocycles. The van der Waals surface area contributed by atoms with Crippen LogP contribution < -0.4 is 5.32 Å². The van der Waals surface area contributed by atoms with Crippen LogP contribution in [0.1, 0.15) is 12.3 Å². The molecule has 1 amide bonds. The number of aromatic nitrogens is 1. The van der Waals surface area contributed by atoms with Crippen LogP contribution in [0.3, 0.4) is 0 Å². The van der Waals surface area contributed by atoms with E-state index in [2.05, 4.69) is 4.98 Å². The van der Waals surface area contributed by atoms with Crippen molar-refractivity contribution in [2.75, 3.05) is 6.54 Å². The van der Waals surface area contributed by atoms with Gasteiger partial charge in [0.05, 0.1) is 11.8 Å². The Bertz CT molecular complexity index is 652. The highest BCUT2D eigenvalue weighted by Crippen LogP contribution is 2.23. The van der Waals surface area contributed by atoms with Crippen LogP contribution in [0, 0.1) is 5.82 Å². The van der Waals surface area contributed by atoms with Gasteiger partial charge in [-0.25, -0.2) is 9.37 Å². The fraction of sp³-hybridized carbons (Fsp3) is 0.286. The number of amides is 1. The number of hydrogen-bond donors (Lipinski definition) is 1. The number of carbonyl (C=O) groups is 1. The number of hydrogen-bond acceptors (Lipinski definition) is 3. The van der Waals surface area contributed by atoms with Gasteiger partial charge in [-0.3, -0.25) is 4.79 Å². The first-order valence-electron chi connectivity index (χ1n) is 6.38. The Labute approximate surface area is 123 Å². The molecule has 118 valence electrons. The largest absolute Gasteiger partial charge is 0.441 e. The molecule has 0 atom stereocenters. The first-order chi connectivity index (χ1) is 10.3. The van der Waals surface area contributed by atoms with Gasteiger partial charge in [-0.15, -0.1) is 0 Å². The van der Waals surface area contributed by atoms with Gasteiger partial charge in [0.15, 0.2) is 11.7 Å². The Balaban J connectivity index is 1.90. The summed E-state index contributed by atoms with van der Waals surface area (Å²) in [4.78, 5) is 15.1. The highest BCUT2D eigenvalue weighted by atomic mass is 19.4. The van der Waals surface area contributed by atoms with Crippen molar-refractivity contribution in [1.82, 2.24) is 10.3 Å². The van der Waals surface area contributed by atoms with Crippen LogP contribution in [0.5, 0.6) is 0 Å². The van der Waals surface area contributed by atoms with Crippen LogP contribution in [-0.4, -0.2) is 23.6 Å². The number of benzene rings is 1. The van der Waals surface area contributed by atoms with E-state index in [0.717, 1.165) is 0 Å². The smallest absolute Gasteiger partial charge is 0.405 e. The molecule has 2 aromatic rings. The first kappa shape index (κ1) is 16.0. The number of carbonyl (C=O) groups excluding carboxylic acids is 1. The molecule has 0 radical (unpaired) electrons. The Morgan fingerprint density at radius 3 is 2.68 bits per heavy atom. The zero-order valence-corrected chi connectivity index (χ0v) is 11.3. The normalized spacial score (nSPS) is 11.5. The summed E-state index contributed by atoms with van der Waals surface area (Å²) in [5, 5.41) is 1.75. The lowest BCUT2D eigenvalue weighted by Gasteiger charge is -2.07. The summed E-state index contributed by atoms with van der Waals surface area (Å²) >= 11 is 0. The third kappa shape index (κ3) is 4.57. The molecule has 0 spiro atoms. The fourth-order valence-corrected chi connectivity index (χ4v) is 1.72. The van der Waals surface area contributed by atoms with Gasteiger partial charge >= 0.3 is 6.18 Å². The van der Waals surface area contributed by atoms with Crippen molar-refractivity contribution >= 4 is 5.91 Å². The first-order valence-corrected chi connectivity index (χ1v) is 6.38. The maximum Gasteiger partial charge on any atom is 0.405 e. The summed E-state index contributed by atoms with van der Waals surface area (Å²) in [7, 11) is 0. The standard InChI is InChI=1S/C14H12F4N2O2/c15-10-4-2-1-3-9(10)11-7-19-13(22-11)6-5-12(21)20-8-14(16,17)18/h1-4,7H,5-6,8H2,(H,20,21). The lowest BCUT2D eigenvalue weighted by atomic mass is 10.2. The van der Waals surface area contributed by atoms with Crippen molar-refractivity contribution in [3.63, 3.8) is 0 Å². The number of oxazole rings is 1. The topological polar surface area (TPSA) is 55.1 Å². The van der Waals surface area contributed by atoms with Crippen molar-refractivity contribution in [2.45, 2.75) is 19.0 Å². The Hall–Kier alpha value is -2.38. The number of alkyl halides is 3. The summed E-state index contributed by atoms with van der Waals surface area (Å²) in [6.07, 6.45) is -3.32. The fourth-order valence-electron chi connectivity index (χ4n) is 1.72. The summed E-state index contributed by atoms with van der Waals surface area (Å²) in [5.74, 6) is -0.889. The lowest BCUT2D eigenvalue weighted by molar-refractivity contribution is -0.138. The van der Waals surface area contributed by atoms with Gasteiger partial charge in [0.25, 0.3) is 0 Å². The molecule has 0 aliphatic heterocycles. The van der Waals surface area contributed by atoms with Crippen LogP contribution in [0.2, 0.25) is 0 Å². The van der Waals surface area contributed by atoms with Gasteiger partial charge < -0.3 is 9.73 Å². The van der Waals surface area contributed by atoms with Crippen LogP contribution >= 0.6 is 0 Å². The zero-order chi connectivity index (χ0) is 16.2. The molecule has 0 fully saturated rings. The predicted molar refractivity (Wildman–Crippen MR) is 69.3 cm³/mol. The molecule has 4 nitrogen and oxygen atoms in total. The SMILES string of the molecule is O=C(CCc1ncc(-c2ccccc2F)o1)NCC(F)(F)F. The molecule has 1 heterocycles. The third-order valence-electron chi connectivity index (χ3n) is 2.74. The van der Waals surface area contributed by atoms with Crippen molar-refractivity contribution < 1.29 is 26.8 Å². The number of nitrogens with zero attached hydrogens (tertiary/aromatic N) is 1. The summed E-state index contributed by atoms with van der Waals surface area (Å²) in [6.45, 7) is -1.38. The molecular formula is C14H12F4N2O2. The quantitative estimate of drug-likeness (QED) is 0.863. The molecule has 22 heavy (non-hydrogen) atoms. The average Bonchev–Trinajstić information content (AvgIpc) is 2.91. The van der Waals surface area contributed by atoms with E-state index in [1.54, 1.807) is 11.4 Å². The van der Waals surface area contributed by atoms with E-state index in [1.807, 2.05) is 0 Å². The van der Waals surface area contributed by atoms with Gasteiger partial charge in [-0.05, 0) is 12.1 Å². The van der Waals surface area contributed by atoms with E-state index in [0.29, 0.717) is 0 Å². The minimum absolute atomic E-state index is 0.0259. The number of nitrogens with one attached hydrogen (secondary N) is 1. The molecule has 0 aliphatic rings. The van der Waals surface area contributed by atoms with Gasteiger partial charge in [0, 0.05) is 12.8 Å². The summed E-state index contributed by atoms with van der Waals surface area (Å²) in [5.41, 5.74) is 0.225. The molecular weight excluding hydrogens is 304 g/mol. The van der Waals surface area contributed by atoms with E-state index < -0.39 is 24.4 Å². The van der Waals surface area contributed by atoms with Crippen molar-refractivity contribution in [2.24, 2.45) is 0 Å². The molecule has 0 saturated heterocycles. The lowest BCUT2D eigenvalue weighted by Crippen LogP contribution is -2.33. The van der Waals surface area contributed by atoms with Crippen LogP contribution in [0.4, 0.5) is 17.6 Å². The minimum Gasteiger partial charge on any atom is -0.441 e. The van der Waals surface area contributed by atoms with Gasteiger partial charge in [0.2, 0.25) is 5.91 Å². The van der Waals surface area contributed by atoms with Crippen molar-refractivity contribution in [3.8, 4) is 11.3 Å². The van der Waals surface area contributed by atoms with Gasteiger partial charge in [-0.1, -0.05) is 12.1 Å². The minimum atomic E-state index is -4.45. The monoisotopic (exact) mass is 316 g/mol. The van der Waals surface area contributed by atoms with Crippen molar-refractivity contribution in [3.05, 3.63) is 42.2 Å². The zero-order valence-electron chi connectivity index (χ0n) is 11.3. The highest BCUT2D eigenvalue weighted by molar-refractivity contribution is 5.76. The highest BCUT2D eigenvalue weighted by Gasteiger charge is 2.27. The van der Waals surface area contributed by atoms with E-state index in [-0.39, 0.29) is 30.1 Å². The number of rotatable bonds is 5. The second-order valence-electron chi connectivity index (χ2n) is 4.49. The Morgan fingerprint density at radius 2 is 2.00 bits per heavy atom. The molecule has 2 rings (SSSR count). The maximum absolute atomic E-state index is 13.6. The Kier molecular flexibility index (Phi) is 4.79. The Morgan fingerprint density at radius 1 is 1.27 bits per heavy atom. The van der Waals surface area contributed by atoms with Crippen LogP contribution in [0.25, 0.3) is 11.3 Å². The molecule has 1 aromatic heterocycles. The molecule has 0 unspecified atom stereocenters. The molecule has 0 aliphatic carbocycles. The van der Waals surface area contributed by atoms with E-state index >= 15 is 0 Å². The summed E-state index contributed by atoms with van der Waals surface area (Å²) < 4.78 is 54.6. The van der Waals surface area contributed by atoms with E-state index in [9.17, 15) is 22.4 Å². The van der Waals surface area contributed by atoms with Crippen LogP contribution in [0.15, 0.2) is 34.9 Å². The van der Waals surface area contributed by atoms with Gasteiger partial charge in [0.1, 0.15) is 12.4 Å². The molecule has 0 saturated carbocycles. The second kappa shape index (κ2) is 6.59. The molecule has 8 heteroatoms.